The Kier molecular flexibility index (Phi) is 7.24. The zero-order valence-corrected chi connectivity index (χ0v) is 15.5. The normalized spacial score (nSPS) is 11.3. The molecule has 1 N–H and O–H groups in total. The van der Waals surface area contributed by atoms with Crippen molar-refractivity contribution in [3.05, 3.63) is 59.7 Å². The number of benzene rings is 2. The molecule has 0 aromatic heterocycles. The van der Waals surface area contributed by atoms with Crippen molar-refractivity contribution in [2.75, 3.05) is 6.61 Å². The lowest BCUT2D eigenvalue weighted by atomic mass is 10.2. The molecule has 0 aliphatic heterocycles. The quantitative estimate of drug-likeness (QED) is 0.753. The maximum absolute atomic E-state index is 12.4. The highest BCUT2D eigenvalue weighted by Gasteiger charge is 2.16. The van der Waals surface area contributed by atoms with Crippen LogP contribution < -0.4 is 5.32 Å². The number of ether oxygens (including phenoxy) is 1. The molecule has 6 heteroatoms. The van der Waals surface area contributed by atoms with Gasteiger partial charge in [-0.25, -0.2) is 4.79 Å². The Labute approximate surface area is 157 Å². The maximum Gasteiger partial charge on any atom is 0.339 e. The molecule has 0 saturated carbocycles. The molecule has 2 rings (SSSR count). The minimum Gasteiger partial charge on any atom is -0.452 e. The monoisotopic (exact) mass is 368 g/mol. The number of nitrogens with one attached hydrogen (secondary N) is 1. The van der Waals surface area contributed by atoms with Crippen molar-refractivity contribution in [3.63, 3.8) is 0 Å². The number of carbonyl (C=O) groups is 2. The molecule has 0 radical (unpaired) electrons. The lowest BCUT2D eigenvalue weighted by Crippen LogP contribution is -2.35. The molecule has 26 heavy (non-hydrogen) atoms. The summed E-state index contributed by atoms with van der Waals surface area (Å²) in [5, 5.41) is 12.0. The largest absolute Gasteiger partial charge is 0.452 e. The maximum atomic E-state index is 12.4. The van der Waals surface area contributed by atoms with Gasteiger partial charge < -0.3 is 10.1 Å². The second-order valence-corrected chi connectivity index (χ2v) is 6.74. The zero-order valence-electron chi connectivity index (χ0n) is 14.7. The van der Waals surface area contributed by atoms with Gasteiger partial charge in [0.1, 0.15) is 6.07 Å². The van der Waals surface area contributed by atoms with Gasteiger partial charge in [0.2, 0.25) is 0 Å². The number of hydrogen-bond donors (Lipinski definition) is 1. The summed E-state index contributed by atoms with van der Waals surface area (Å²) in [5.74, 6) is -0.894. The molecule has 0 aliphatic rings. The summed E-state index contributed by atoms with van der Waals surface area (Å²) >= 11 is 1.32. The third kappa shape index (κ3) is 5.36. The predicted molar refractivity (Wildman–Crippen MR) is 99.9 cm³/mol. The summed E-state index contributed by atoms with van der Waals surface area (Å²) in [6, 6.07) is 16.3. The van der Waals surface area contributed by atoms with E-state index in [1.807, 2.05) is 32.0 Å². The lowest BCUT2D eigenvalue weighted by Gasteiger charge is -2.12. The van der Waals surface area contributed by atoms with Crippen molar-refractivity contribution in [3.8, 4) is 6.07 Å². The summed E-state index contributed by atoms with van der Waals surface area (Å²) in [5.41, 5.74) is 0.898. The predicted octanol–water partition coefficient (Wildman–Crippen LogP) is 3.78. The Morgan fingerprint density at radius 3 is 2.50 bits per heavy atom. The van der Waals surface area contributed by atoms with E-state index in [0.29, 0.717) is 16.0 Å². The van der Waals surface area contributed by atoms with Gasteiger partial charge in [-0.2, -0.15) is 5.26 Å². The van der Waals surface area contributed by atoms with Crippen LogP contribution in [0.2, 0.25) is 0 Å². The van der Waals surface area contributed by atoms with Crippen molar-refractivity contribution >= 4 is 23.6 Å². The van der Waals surface area contributed by atoms with Crippen LogP contribution in [0.4, 0.5) is 0 Å². The summed E-state index contributed by atoms with van der Waals surface area (Å²) in [6.07, 6.45) is 0.803. The van der Waals surface area contributed by atoms with Gasteiger partial charge in [-0.1, -0.05) is 43.0 Å². The van der Waals surface area contributed by atoms with Gasteiger partial charge in [-0.3, -0.25) is 4.79 Å². The molecule has 0 aliphatic carbocycles. The Hall–Kier alpha value is -2.78. The first-order chi connectivity index (χ1) is 12.5. The smallest absolute Gasteiger partial charge is 0.339 e. The van der Waals surface area contributed by atoms with Crippen LogP contribution >= 0.6 is 11.8 Å². The summed E-state index contributed by atoms with van der Waals surface area (Å²) < 4.78 is 5.14. The highest BCUT2D eigenvalue weighted by atomic mass is 32.2. The third-order valence-corrected chi connectivity index (χ3v) is 4.84. The third-order valence-electron chi connectivity index (χ3n) is 3.69. The van der Waals surface area contributed by atoms with Gasteiger partial charge in [0.25, 0.3) is 5.91 Å². The van der Waals surface area contributed by atoms with Crippen LogP contribution in [0.15, 0.2) is 58.3 Å². The van der Waals surface area contributed by atoms with Crippen LogP contribution in [0.1, 0.15) is 36.2 Å². The van der Waals surface area contributed by atoms with E-state index in [1.165, 1.54) is 11.8 Å². The molecule has 0 spiro atoms. The summed E-state index contributed by atoms with van der Waals surface area (Å²) in [4.78, 5) is 25.6. The van der Waals surface area contributed by atoms with Gasteiger partial charge >= 0.3 is 5.97 Å². The molecule has 1 amide bonds. The van der Waals surface area contributed by atoms with E-state index >= 15 is 0 Å². The first kappa shape index (κ1) is 19.5. The first-order valence-electron chi connectivity index (χ1n) is 8.27. The van der Waals surface area contributed by atoms with E-state index in [2.05, 4.69) is 11.4 Å². The van der Waals surface area contributed by atoms with Crippen LogP contribution in [-0.2, 0) is 9.53 Å². The van der Waals surface area contributed by atoms with Crippen molar-refractivity contribution in [2.45, 2.75) is 36.1 Å². The van der Waals surface area contributed by atoms with Gasteiger partial charge in [0, 0.05) is 15.8 Å². The minimum absolute atomic E-state index is 0.0338. The van der Waals surface area contributed by atoms with Crippen molar-refractivity contribution in [2.24, 2.45) is 0 Å². The molecule has 0 unspecified atom stereocenters. The van der Waals surface area contributed by atoms with E-state index < -0.39 is 5.97 Å². The molecule has 0 saturated heterocycles. The average Bonchev–Trinajstić information content (AvgIpc) is 2.66. The minimum atomic E-state index is -0.568. The van der Waals surface area contributed by atoms with E-state index in [-0.39, 0.29) is 18.6 Å². The van der Waals surface area contributed by atoms with Gasteiger partial charge in [-0.15, -0.1) is 0 Å². The Bertz CT molecular complexity index is 830. The fraction of sp³-hybridized carbons (Fsp3) is 0.250. The van der Waals surface area contributed by atoms with Crippen molar-refractivity contribution in [1.82, 2.24) is 5.32 Å². The highest BCUT2D eigenvalue weighted by molar-refractivity contribution is 7.99. The lowest BCUT2D eigenvalue weighted by molar-refractivity contribution is -0.124. The average molecular weight is 368 g/mol. The SMILES string of the molecule is CC[C@@H](C)NC(=O)COC(=O)c1ccccc1Sc1ccccc1C#N. The van der Waals surface area contributed by atoms with Crippen LogP contribution in [-0.4, -0.2) is 24.5 Å². The molecule has 0 bridgehead atoms. The molecule has 5 nitrogen and oxygen atoms in total. The molecule has 2 aromatic rings. The summed E-state index contributed by atoms with van der Waals surface area (Å²) in [6.45, 7) is 3.53. The van der Waals surface area contributed by atoms with Gasteiger partial charge in [0.05, 0.1) is 11.1 Å². The van der Waals surface area contributed by atoms with Crippen LogP contribution in [0.25, 0.3) is 0 Å². The summed E-state index contributed by atoms with van der Waals surface area (Å²) in [7, 11) is 0. The molecule has 1 atom stereocenters. The van der Waals surface area contributed by atoms with E-state index in [0.717, 1.165) is 11.3 Å². The number of amides is 1. The van der Waals surface area contributed by atoms with Crippen LogP contribution in [0.3, 0.4) is 0 Å². The fourth-order valence-electron chi connectivity index (χ4n) is 2.12. The Morgan fingerprint density at radius 2 is 1.81 bits per heavy atom. The zero-order chi connectivity index (χ0) is 18.9. The van der Waals surface area contributed by atoms with E-state index in [4.69, 9.17) is 4.74 Å². The number of hydrogen-bond acceptors (Lipinski definition) is 5. The van der Waals surface area contributed by atoms with E-state index in [1.54, 1.807) is 30.3 Å². The van der Waals surface area contributed by atoms with Crippen LogP contribution in [0.5, 0.6) is 0 Å². The van der Waals surface area contributed by atoms with Gasteiger partial charge in [-0.05, 0) is 37.6 Å². The standard InChI is InChI=1S/C20H20N2O3S/c1-3-14(2)22-19(23)13-25-20(24)16-9-5-7-11-18(16)26-17-10-6-4-8-15(17)12-21/h4-11,14H,3,13H2,1-2H3,(H,22,23)/t14-/m1/s1. The molecule has 0 fully saturated rings. The van der Waals surface area contributed by atoms with Gasteiger partial charge in [0.15, 0.2) is 6.61 Å². The molecule has 0 heterocycles. The Morgan fingerprint density at radius 1 is 1.15 bits per heavy atom. The number of carbonyl (C=O) groups excluding carboxylic acids is 2. The molecule has 2 aromatic carbocycles. The number of rotatable bonds is 7. The molecule has 134 valence electrons. The first-order valence-corrected chi connectivity index (χ1v) is 9.09. The van der Waals surface area contributed by atoms with Crippen molar-refractivity contribution in [1.29, 1.82) is 5.26 Å². The second kappa shape index (κ2) is 9.64. The highest BCUT2D eigenvalue weighted by Crippen LogP contribution is 2.32. The van der Waals surface area contributed by atoms with Crippen LogP contribution in [0, 0.1) is 11.3 Å². The van der Waals surface area contributed by atoms with E-state index in [9.17, 15) is 14.9 Å². The number of esters is 1. The molecular weight excluding hydrogens is 348 g/mol. The topological polar surface area (TPSA) is 79.2 Å². The number of nitriles is 1. The number of nitrogens with zero attached hydrogens (tertiary/aromatic N) is 1. The molecular formula is C20H20N2O3S. The van der Waals surface area contributed by atoms with Crippen molar-refractivity contribution < 1.29 is 14.3 Å². The second-order valence-electron chi connectivity index (χ2n) is 5.66. The fourth-order valence-corrected chi connectivity index (χ4v) is 3.13. The Balaban J connectivity index is 2.10.